The zero-order chi connectivity index (χ0) is 16.7. The van der Waals surface area contributed by atoms with Crippen LogP contribution in [0.15, 0.2) is 39.1 Å². The van der Waals surface area contributed by atoms with Gasteiger partial charge < -0.3 is 20.5 Å². The molecule has 7 heteroatoms. The number of aliphatic imine (C=N–C) groups is 1. The Bertz CT molecular complexity index is 660. The van der Waals surface area contributed by atoms with Gasteiger partial charge in [-0.2, -0.15) is 0 Å². The molecular weight excluding hydrogens is 378 g/mol. The van der Waals surface area contributed by atoms with Crippen LogP contribution in [0.5, 0.6) is 11.5 Å². The van der Waals surface area contributed by atoms with E-state index in [9.17, 15) is 0 Å². The lowest BCUT2D eigenvalue weighted by molar-refractivity contribution is 0.354. The molecule has 0 amide bonds. The third kappa shape index (κ3) is 5.14. The summed E-state index contributed by atoms with van der Waals surface area (Å²) in [6, 6.07) is 7.92. The third-order valence-corrected chi connectivity index (χ3v) is 4.90. The van der Waals surface area contributed by atoms with Gasteiger partial charge in [0.1, 0.15) is 0 Å². The number of halogens is 1. The molecule has 0 spiro atoms. The largest absolute Gasteiger partial charge is 0.493 e. The number of hydrogen-bond acceptors (Lipinski definition) is 4. The van der Waals surface area contributed by atoms with Crippen molar-refractivity contribution in [2.45, 2.75) is 13.0 Å². The SMILES string of the molecule is COc1cc(Br)c(CN=C(N)NCCc2cccs2)cc1OC. The van der Waals surface area contributed by atoms with E-state index in [1.807, 2.05) is 18.2 Å². The lowest BCUT2D eigenvalue weighted by Gasteiger charge is -2.11. The standard InChI is InChI=1S/C16H20BrN3O2S/c1-21-14-8-11(13(17)9-15(14)22-2)10-20-16(18)19-6-5-12-4-3-7-23-12/h3-4,7-9H,5-6,10H2,1-2H3,(H3,18,19,20). The minimum Gasteiger partial charge on any atom is -0.493 e. The number of methoxy groups -OCH3 is 2. The lowest BCUT2D eigenvalue weighted by atomic mass is 10.2. The van der Waals surface area contributed by atoms with E-state index >= 15 is 0 Å². The van der Waals surface area contributed by atoms with Gasteiger partial charge in [0, 0.05) is 15.9 Å². The van der Waals surface area contributed by atoms with Crippen LogP contribution in [0.1, 0.15) is 10.4 Å². The highest BCUT2D eigenvalue weighted by atomic mass is 79.9. The lowest BCUT2D eigenvalue weighted by Crippen LogP contribution is -2.33. The second-order valence-corrected chi connectivity index (χ2v) is 6.64. The molecule has 0 bridgehead atoms. The summed E-state index contributed by atoms with van der Waals surface area (Å²) in [4.78, 5) is 5.69. The van der Waals surface area contributed by atoms with E-state index < -0.39 is 0 Å². The minimum absolute atomic E-state index is 0.434. The van der Waals surface area contributed by atoms with Crippen molar-refractivity contribution in [1.82, 2.24) is 5.32 Å². The van der Waals surface area contributed by atoms with Crippen LogP contribution in [0.25, 0.3) is 0 Å². The number of nitrogens with zero attached hydrogens (tertiary/aromatic N) is 1. The molecule has 23 heavy (non-hydrogen) atoms. The van der Waals surface area contributed by atoms with Crippen LogP contribution in [0.4, 0.5) is 0 Å². The summed E-state index contributed by atoms with van der Waals surface area (Å²) in [6.45, 7) is 1.22. The Morgan fingerprint density at radius 3 is 2.70 bits per heavy atom. The number of nitrogens with one attached hydrogen (secondary N) is 1. The molecule has 0 aliphatic rings. The van der Waals surface area contributed by atoms with Gasteiger partial charge in [-0.1, -0.05) is 22.0 Å². The summed E-state index contributed by atoms with van der Waals surface area (Å²) < 4.78 is 11.5. The van der Waals surface area contributed by atoms with E-state index in [0.717, 1.165) is 23.0 Å². The highest BCUT2D eigenvalue weighted by Gasteiger charge is 2.09. The number of ether oxygens (including phenoxy) is 2. The molecule has 5 nitrogen and oxygen atoms in total. The van der Waals surface area contributed by atoms with Crippen molar-refractivity contribution < 1.29 is 9.47 Å². The summed E-state index contributed by atoms with van der Waals surface area (Å²) in [5, 5.41) is 5.20. The van der Waals surface area contributed by atoms with Crippen LogP contribution in [0.3, 0.4) is 0 Å². The predicted molar refractivity (Wildman–Crippen MR) is 98.6 cm³/mol. The number of rotatable bonds is 7. The normalized spacial score (nSPS) is 11.3. The first-order chi connectivity index (χ1) is 11.1. The number of hydrogen-bond donors (Lipinski definition) is 2. The molecule has 0 saturated carbocycles. The van der Waals surface area contributed by atoms with E-state index in [1.54, 1.807) is 25.6 Å². The van der Waals surface area contributed by atoms with E-state index in [-0.39, 0.29) is 0 Å². The van der Waals surface area contributed by atoms with Crippen molar-refractivity contribution in [1.29, 1.82) is 0 Å². The fraction of sp³-hybridized carbons (Fsp3) is 0.312. The number of guanidine groups is 1. The summed E-state index contributed by atoms with van der Waals surface area (Å²) in [5.41, 5.74) is 6.89. The first kappa shape index (κ1) is 17.6. The van der Waals surface area contributed by atoms with Crippen molar-refractivity contribution in [2.24, 2.45) is 10.7 Å². The molecule has 3 N–H and O–H groups in total. The fourth-order valence-electron chi connectivity index (χ4n) is 2.01. The maximum absolute atomic E-state index is 5.91. The van der Waals surface area contributed by atoms with Crippen molar-refractivity contribution in [3.05, 3.63) is 44.6 Å². The Balaban J connectivity index is 1.93. The molecule has 0 aliphatic carbocycles. The number of thiophene rings is 1. The van der Waals surface area contributed by atoms with E-state index in [0.29, 0.717) is 24.0 Å². The zero-order valence-electron chi connectivity index (χ0n) is 13.1. The molecule has 0 radical (unpaired) electrons. The second-order valence-electron chi connectivity index (χ2n) is 4.76. The Labute approximate surface area is 148 Å². The van der Waals surface area contributed by atoms with E-state index in [4.69, 9.17) is 15.2 Å². The van der Waals surface area contributed by atoms with Crippen LogP contribution in [-0.4, -0.2) is 26.7 Å². The highest BCUT2D eigenvalue weighted by Crippen LogP contribution is 2.33. The quantitative estimate of drug-likeness (QED) is 0.555. The molecule has 124 valence electrons. The monoisotopic (exact) mass is 397 g/mol. The van der Waals surface area contributed by atoms with Crippen molar-refractivity contribution in [3.8, 4) is 11.5 Å². The van der Waals surface area contributed by atoms with Crippen molar-refractivity contribution in [2.75, 3.05) is 20.8 Å². The summed E-state index contributed by atoms with van der Waals surface area (Å²) in [7, 11) is 3.22. The molecule has 0 atom stereocenters. The topological polar surface area (TPSA) is 68.9 Å². The molecule has 1 aromatic heterocycles. The number of nitrogens with two attached hydrogens (primary N) is 1. The Morgan fingerprint density at radius 2 is 2.04 bits per heavy atom. The van der Waals surface area contributed by atoms with Gasteiger partial charge >= 0.3 is 0 Å². The van der Waals surface area contributed by atoms with Crippen LogP contribution in [-0.2, 0) is 13.0 Å². The maximum atomic E-state index is 5.91. The van der Waals surface area contributed by atoms with Crippen LogP contribution < -0.4 is 20.5 Å². The van der Waals surface area contributed by atoms with Gasteiger partial charge in [0.2, 0.25) is 0 Å². The highest BCUT2D eigenvalue weighted by molar-refractivity contribution is 9.10. The zero-order valence-corrected chi connectivity index (χ0v) is 15.5. The Hall–Kier alpha value is -1.73. The summed E-state index contributed by atoms with van der Waals surface area (Å²) >= 11 is 5.26. The van der Waals surface area contributed by atoms with E-state index in [1.165, 1.54) is 4.88 Å². The summed E-state index contributed by atoms with van der Waals surface area (Å²) in [5.74, 6) is 1.78. The second kappa shape index (κ2) is 8.79. The first-order valence-corrected chi connectivity index (χ1v) is 8.78. The first-order valence-electron chi connectivity index (χ1n) is 7.10. The van der Waals surface area contributed by atoms with Gasteiger partial charge in [-0.15, -0.1) is 11.3 Å². The molecule has 0 unspecified atom stereocenters. The molecule has 1 heterocycles. The van der Waals surface area contributed by atoms with Crippen molar-refractivity contribution >= 4 is 33.2 Å². The molecule has 2 aromatic rings. The Morgan fingerprint density at radius 1 is 1.30 bits per heavy atom. The average Bonchev–Trinajstić information content (AvgIpc) is 3.06. The minimum atomic E-state index is 0.434. The van der Waals surface area contributed by atoms with Crippen LogP contribution in [0, 0.1) is 0 Å². The summed E-state index contributed by atoms with van der Waals surface area (Å²) in [6.07, 6.45) is 0.938. The molecule has 1 aromatic carbocycles. The molecular formula is C16H20BrN3O2S. The maximum Gasteiger partial charge on any atom is 0.188 e. The van der Waals surface area contributed by atoms with Gasteiger partial charge in [-0.3, -0.25) is 0 Å². The third-order valence-electron chi connectivity index (χ3n) is 3.23. The fourth-order valence-corrected chi connectivity index (χ4v) is 3.17. The van der Waals surface area contributed by atoms with Gasteiger partial charge in [0.05, 0.1) is 20.8 Å². The molecule has 0 aliphatic heterocycles. The molecule has 2 rings (SSSR count). The van der Waals surface area contributed by atoms with Crippen LogP contribution in [0.2, 0.25) is 0 Å². The van der Waals surface area contributed by atoms with Gasteiger partial charge in [-0.05, 0) is 35.6 Å². The number of benzene rings is 1. The Kier molecular flexibility index (Phi) is 6.73. The molecule has 0 fully saturated rings. The van der Waals surface area contributed by atoms with E-state index in [2.05, 4.69) is 37.7 Å². The van der Waals surface area contributed by atoms with Crippen LogP contribution >= 0.6 is 27.3 Å². The van der Waals surface area contributed by atoms with Gasteiger partial charge in [-0.25, -0.2) is 4.99 Å². The smallest absolute Gasteiger partial charge is 0.188 e. The van der Waals surface area contributed by atoms with Gasteiger partial charge in [0.15, 0.2) is 17.5 Å². The van der Waals surface area contributed by atoms with Crippen molar-refractivity contribution in [3.63, 3.8) is 0 Å². The average molecular weight is 398 g/mol. The van der Waals surface area contributed by atoms with Gasteiger partial charge in [0.25, 0.3) is 0 Å². The predicted octanol–water partition coefficient (Wildman–Crippen LogP) is 3.17. The molecule has 0 saturated heterocycles.